The van der Waals surface area contributed by atoms with Crippen molar-refractivity contribution >= 4 is 17.8 Å². The molecule has 0 radical (unpaired) electrons. The van der Waals surface area contributed by atoms with Gasteiger partial charge in [-0.3, -0.25) is 14.7 Å². The van der Waals surface area contributed by atoms with E-state index in [9.17, 15) is 9.18 Å². The molecular weight excluding hydrogens is 413 g/mol. The number of carbonyl (C=O) groups is 1. The Balaban J connectivity index is 1.20. The second-order valence-corrected chi connectivity index (χ2v) is 8.00. The summed E-state index contributed by atoms with van der Waals surface area (Å²) < 4.78 is 19.3. The fourth-order valence-electron chi connectivity index (χ4n) is 3.79. The highest BCUT2D eigenvalue weighted by Gasteiger charge is 2.23. The van der Waals surface area contributed by atoms with Crippen LogP contribution in [0.15, 0.2) is 42.7 Å². The molecule has 1 aromatic carbocycles. The number of likely N-dealkylation sites (tertiary alicyclic amines) is 1. The van der Waals surface area contributed by atoms with Gasteiger partial charge < -0.3 is 10.1 Å². The highest BCUT2D eigenvalue weighted by atomic mass is 19.1. The van der Waals surface area contributed by atoms with Crippen molar-refractivity contribution in [3.8, 4) is 0 Å². The Hall–Kier alpha value is -2.88. The molecule has 0 bridgehead atoms. The van der Waals surface area contributed by atoms with E-state index >= 15 is 0 Å². The Bertz CT molecular complexity index is 918. The summed E-state index contributed by atoms with van der Waals surface area (Å²) in [6, 6.07) is 7.11. The minimum absolute atomic E-state index is 0.166. The van der Waals surface area contributed by atoms with Crippen molar-refractivity contribution in [2.45, 2.75) is 44.6 Å². The standard InChI is InChI=1S/C23H28FN5O3/c24-20-6-2-1-5-17(20)15-29-11-10-19(16-29)27-21-14-25-18(13-26-21)8-9-22(30)28-32-23-7-3-4-12-31-23/h1-2,5-6,8-9,13-14,19,23H,3-4,7,10-12,15-16H2,(H,26,27)(H,28,30)/b9-8+/t19-,23?/m1/s1. The SMILES string of the molecule is O=C(/C=C/c1cnc(N[C@@H]2CCN(Cc3ccccc3F)C2)cn1)NOC1CCCCO1. The van der Waals surface area contributed by atoms with Crippen LogP contribution in [0.1, 0.15) is 36.9 Å². The molecule has 2 atom stereocenters. The zero-order chi connectivity index (χ0) is 22.2. The molecule has 4 rings (SSSR count). The number of benzene rings is 1. The van der Waals surface area contributed by atoms with Crippen LogP contribution in [-0.4, -0.2) is 52.8 Å². The largest absolute Gasteiger partial charge is 0.365 e. The molecule has 0 saturated carbocycles. The Kier molecular flexibility index (Phi) is 7.76. The normalized spacial score (nSPS) is 21.7. The lowest BCUT2D eigenvalue weighted by atomic mass is 10.2. The van der Waals surface area contributed by atoms with Crippen LogP contribution in [0.3, 0.4) is 0 Å². The van der Waals surface area contributed by atoms with Gasteiger partial charge in [0.25, 0.3) is 5.91 Å². The molecular formula is C23H28FN5O3. The van der Waals surface area contributed by atoms with Gasteiger partial charge >= 0.3 is 0 Å². The minimum Gasteiger partial charge on any atom is -0.365 e. The molecule has 8 nitrogen and oxygen atoms in total. The van der Waals surface area contributed by atoms with E-state index in [1.165, 1.54) is 12.1 Å². The van der Waals surface area contributed by atoms with Crippen LogP contribution in [0.5, 0.6) is 0 Å². The molecule has 170 valence electrons. The van der Waals surface area contributed by atoms with E-state index in [0.29, 0.717) is 30.2 Å². The molecule has 2 saturated heterocycles. The molecule has 1 amide bonds. The van der Waals surface area contributed by atoms with Gasteiger partial charge in [0, 0.05) is 50.3 Å². The molecule has 1 aromatic heterocycles. The summed E-state index contributed by atoms with van der Waals surface area (Å²) in [6.45, 7) is 2.95. The van der Waals surface area contributed by atoms with Crippen molar-refractivity contribution in [2.75, 3.05) is 25.0 Å². The van der Waals surface area contributed by atoms with Gasteiger partial charge in [0.2, 0.25) is 0 Å². The van der Waals surface area contributed by atoms with E-state index < -0.39 is 0 Å². The van der Waals surface area contributed by atoms with E-state index in [2.05, 4.69) is 25.7 Å². The second kappa shape index (κ2) is 11.1. The molecule has 9 heteroatoms. The fourth-order valence-corrected chi connectivity index (χ4v) is 3.79. The number of hydroxylamine groups is 1. The number of nitrogens with zero attached hydrogens (tertiary/aromatic N) is 3. The zero-order valence-electron chi connectivity index (χ0n) is 17.9. The predicted molar refractivity (Wildman–Crippen MR) is 118 cm³/mol. The highest BCUT2D eigenvalue weighted by molar-refractivity contribution is 5.90. The number of halogens is 1. The first-order valence-corrected chi connectivity index (χ1v) is 11.0. The summed E-state index contributed by atoms with van der Waals surface area (Å²) in [6.07, 6.45) is 9.53. The van der Waals surface area contributed by atoms with Crippen LogP contribution in [-0.2, 0) is 20.9 Å². The number of hydrogen-bond acceptors (Lipinski definition) is 7. The molecule has 2 aromatic rings. The van der Waals surface area contributed by atoms with Crippen LogP contribution in [0, 0.1) is 5.82 Å². The molecule has 32 heavy (non-hydrogen) atoms. The highest BCUT2D eigenvalue weighted by Crippen LogP contribution is 2.18. The first-order valence-electron chi connectivity index (χ1n) is 11.0. The molecule has 2 aliphatic rings. The fraction of sp³-hybridized carbons (Fsp3) is 0.435. The average molecular weight is 442 g/mol. The number of nitrogens with one attached hydrogen (secondary N) is 2. The van der Waals surface area contributed by atoms with Crippen molar-refractivity contribution in [1.29, 1.82) is 0 Å². The number of anilines is 1. The lowest BCUT2D eigenvalue weighted by Crippen LogP contribution is -2.32. The molecule has 0 spiro atoms. The van der Waals surface area contributed by atoms with Gasteiger partial charge in [-0.15, -0.1) is 0 Å². The van der Waals surface area contributed by atoms with E-state index in [1.54, 1.807) is 24.5 Å². The summed E-state index contributed by atoms with van der Waals surface area (Å²) in [4.78, 5) is 28.0. The lowest BCUT2D eigenvalue weighted by molar-refractivity contribution is -0.198. The quantitative estimate of drug-likeness (QED) is 0.481. The summed E-state index contributed by atoms with van der Waals surface area (Å²) in [5.74, 6) is 0.118. The Morgan fingerprint density at radius 3 is 2.94 bits per heavy atom. The van der Waals surface area contributed by atoms with E-state index in [0.717, 1.165) is 38.8 Å². The molecule has 0 aliphatic carbocycles. The Morgan fingerprint density at radius 1 is 1.25 bits per heavy atom. The Labute approximate surface area is 186 Å². The third kappa shape index (κ3) is 6.56. The monoisotopic (exact) mass is 441 g/mol. The molecule has 2 N–H and O–H groups in total. The third-order valence-electron chi connectivity index (χ3n) is 5.48. The summed E-state index contributed by atoms with van der Waals surface area (Å²) >= 11 is 0. The summed E-state index contributed by atoms with van der Waals surface area (Å²) in [5.41, 5.74) is 3.64. The van der Waals surface area contributed by atoms with Crippen LogP contribution in [0.2, 0.25) is 0 Å². The van der Waals surface area contributed by atoms with Crippen LogP contribution in [0.25, 0.3) is 6.08 Å². The number of rotatable bonds is 8. The van der Waals surface area contributed by atoms with Gasteiger partial charge in [-0.25, -0.2) is 19.7 Å². The number of carbonyl (C=O) groups excluding carboxylic acids is 1. The first kappa shape index (κ1) is 22.3. The second-order valence-electron chi connectivity index (χ2n) is 8.00. The van der Waals surface area contributed by atoms with Crippen LogP contribution < -0.4 is 10.8 Å². The van der Waals surface area contributed by atoms with Crippen LogP contribution in [0.4, 0.5) is 10.2 Å². The average Bonchev–Trinajstić information content (AvgIpc) is 3.26. The summed E-state index contributed by atoms with van der Waals surface area (Å²) in [5, 5.41) is 3.37. The maximum atomic E-state index is 13.9. The molecule has 3 heterocycles. The van der Waals surface area contributed by atoms with Gasteiger partial charge in [-0.05, 0) is 31.4 Å². The van der Waals surface area contributed by atoms with Gasteiger partial charge in [0.05, 0.1) is 18.1 Å². The van der Waals surface area contributed by atoms with E-state index in [1.807, 2.05) is 12.1 Å². The lowest BCUT2D eigenvalue weighted by Gasteiger charge is -2.21. The van der Waals surface area contributed by atoms with Crippen molar-refractivity contribution in [3.63, 3.8) is 0 Å². The van der Waals surface area contributed by atoms with E-state index in [4.69, 9.17) is 9.57 Å². The number of amides is 1. The van der Waals surface area contributed by atoms with Gasteiger partial charge in [0.1, 0.15) is 11.6 Å². The third-order valence-corrected chi connectivity index (χ3v) is 5.48. The first-order chi connectivity index (χ1) is 15.7. The zero-order valence-corrected chi connectivity index (χ0v) is 17.9. The van der Waals surface area contributed by atoms with Crippen molar-refractivity contribution < 1.29 is 18.8 Å². The van der Waals surface area contributed by atoms with Crippen molar-refractivity contribution in [1.82, 2.24) is 20.3 Å². The molecule has 2 fully saturated rings. The molecule has 1 unspecified atom stereocenters. The van der Waals surface area contributed by atoms with Gasteiger partial charge in [-0.2, -0.15) is 0 Å². The minimum atomic E-state index is -0.385. The Morgan fingerprint density at radius 2 is 2.16 bits per heavy atom. The number of ether oxygens (including phenoxy) is 1. The smallest absolute Gasteiger partial charge is 0.267 e. The van der Waals surface area contributed by atoms with Crippen molar-refractivity contribution in [2.24, 2.45) is 0 Å². The van der Waals surface area contributed by atoms with E-state index in [-0.39, 0.29) is 24.1 Å². The maximum Gasteiger partial charge on any atom is 0.267 e. The molecule has 2 aliphatic heterocycles. The van der Waals surface area contributed by atoms with Gasteiger partial charge in [0.15, 0.2) is 6.29 Å². The van der Waals surface area contributed by atoms with Crippen molar-refractivity contribution in [3.05, 3.63) is 59.8 Å². The summed E-state index contributed by atoms with van der Waals surface area (Å²) in [7, 11) is 0. The van der Waals surface area contributed by atoms with Crippen LogP contribution >= 0.6 is 0 Å². The predicted octanol–water partition coefficient (Wildman–Crippen LogP) is 2.89. The topological polar surface area (TPSA) is 88.6 Å². The maximum absolute atomic E-state index is 13.9. The van der Waals surface area contributed by atoms with Gasteiger partial charge in [-0.1, -0.05) is 18.2 Å². The number of aromatic nitrogens is 2. The number of hydrogen-bond donors (Lipinski definition) is 2.